The number of nitrogens with one attached hydrogen (secondary N) is 1. The minimum atomic E-state index is -4.39. The van der Waals surface area contributed by atoms with E-state index in [1.54, 1.807) is 0 Å². The number of hydrogen-bond donors (Lipinski definition) is 2. The molecule has 0 aliphatic carbocycles. The first kappa shape index (κ1) is 15.2. The van der Waals surface area contributed by atoms with Gasteiger partial charge in [-0.3, -0.25) is 10.1 Å². The average Bonchev–Trinajstić information content (AvgIpc) is 2.14. The SMILES string of the molecule is CCCCCC(C)(NCC(F)(F)F)C(=O)O. The molecule has 0 radical (unpaired) electrons. The van der Waals surface area contributed by atoms with Crippen LogP contribution in [0.3, 0.4) is 0 Å². The molecule has 0 aromatic heterocycles. The molecule has 0 saturated carbocycles. The Morgan fingerprint density at radius 1 is 1.31 bits per heavy atom. The molecule has 0 aliphatic rings. The van der Waals surface area contributed by atoms with Crippen molar-refractivity contribution in [3.05, 3.63) is 0 Å². The summed E-state index contributed by atoms with van der Waals surface area (Å²) in [5.74, 6) is -1.24. The van der Waals surface area contributed by atoms with Crippen molar-refractivity contribution in [3.8, 4) is 0 Å². The molecule has 2 N–H and O–H groups in total. The summed E-state index contributed by atoms with van der Waals surface area (Å²) in [7, 11) is 0. The van der Waals surface area contributed by atoms with Gasteiger partial charge in [-0.1, -0.05) is 26.2 Å². The molecule has 0 spiro atoms. The molecule has 0 heterocycles. The molecular weight excluding hydrogens is 223 g/mol. The van der Waals surface area contributed by atoms with E-state index >= 15 is 0 Å². The van der Waals surface area contributed by atoms with E-state index in [4.69, 9.17) is 5.11 Å². The molecule has 0 amide bonds. The summed E-state index contributed by atoms with van der Waals surface area (Å²) in [6.45, 7) is 1.96. The Morgan fingerprint density at radius 3 is 2.25 bits per heavy atom. The number of halogens is 3. The summed E-state index contributed by atoms with van der Waals surface area (Å²) in [6, 6.07) is 0. The van der Waals surface area contributed by atoms with E-state index < -0.39 is 24.2 Å². The van der Waals surface area contributed by atoms with Crippen LogP contribution in [0.5, 0.6) is 0 Å². The van der Waals surface area contributed by atoms with E-state index in [1.165, 1.54) is 6.92 Å². The highest BCUT2D eigenvalue weighted by Crippen LogP contribution is 2.19. The predicted molar refractivity (Wildman–Crippen MR) is 54.2 cm³/mol. The van der Waals surface area contributed by atoms with Crippen molar-refractivity contribution in [2.24, 2.45) is 0 Å². The van der Waals surface area contributed by atoms with Crippen LogP contribution in [-0.2, 0) is 4.79 Å². The third kappa shape index (κ3) is 5.95. The third-order valence-corrected chi connectivity index (χ3v) is 2.43. The standard InChI is InChI=1S/C10H18F3NO2/c1-3-4-5-6-9(2,8(15)16)14-7-10(11,12)13/h14H,3-7H2,1-2H3,(H,15,16). The largest absolute Gasteiger partial charge is 0.480 e. The van der Waals surface area contributed by atoms with Crippen molar-refractivity contribution >= 4 is 5.97 Å². The van der Waals surface area contributed by atoms with Gasteiger partial charge < -0.3 is 5.11 Å². The van der Waals surface area contributed by atoms with Crippen LogP contribution < -0.4 is 5.32 Å². The number of carbonyl (C=O) groups is 1. The van der Waals surface area contributed by atoms with Crippen molar-refractivity contribution in [1.29, 1.82) is 0 Å². The molecule has 1 unspecified atom stereocenters. The first-order valence-corrected chi connectivity index (χ1v) is 5.26. The van der Waals surface area contributed by atoms with Crippen molar-refractivity contribution in [1.82, 2.24) is 5.32 Å². The Morgan fingerprint density at radius 2 is 1.88 bits per heavy atom. The van der Waals surface area contributed by atoms with Gasteiger partial charge in [-0.25, -0.2) is 0 Å². The van der Waals surface area contributed by atoms with Gasteiger partial charge in [-0.05, 0) is 13.3 Å². The maximum absolute atomic E-state index is 12.0. The lowest BCUT2D eigenvalue weighted by atomic mass is 9.94. The molecule has 0 saturated heterocycles. The minimum Gasteiger partial charge on any atom is -0.480 e. The Hall–Kier alpha value is -0.780. The predicted octanol–water partition coefficient (Wildman–Crippen LogP) is 2.56. The third-order valence-electron chi connectivity index (χ3n) is 2.43. The van der Waals surface area contributed by atoms with E-state index in [0.29, 0.717) is 6.42 Å². The maximum atomic E-state index is 12.0. The molecule has 0 bridgehead atoms. The van der Waals surface area contributed by atoms with Crippen molar-refractivity contribution in [3.63, 3.8) is 0 Å². The second kappa shape index (κ2) is 6.08. The summed E-state index contributed by atoms with van der Waals surface area (Å²) in [5.41, 5.74) is -1.50. The smallest absolute Gasteiger partial charge is 0.401 e. The molecule has 0 fully saturated rings. The molecule has 6 heteroatoms. The lowest BCUT2D eigenvalue weighted by molar-refractivity contribution is -0.149. The molecule has 16 heavy (non-hydrogen) atoms. The van der Waals surface area contributed by atoms with Crippen LogP contribution in [0.25, 0.3) is 0 Å². The Labute approximate surface area is 93.0 Å². The number of alkyl halides is 3. The maximum Gasteiger partial charge on any atom is 0.401 e. The lowest BCUT2D eigenvalue weighted by Crippen LogP contribution is -2.52. The second-order valence-electron chi connectivity index (χ2n) is 4.06. The van der Waals surface area contributed by atoms with E-state index in [-0.39, 0.29) is 6.42 Å². The normalized spacial score (nSPS) is 15.8. The summed E-state index contributed by atoms with van der Waals surface area (Å²) in [6.07, 6.45) is -1.87. The summed E-state index contributed by atoms with van der Waals surface area (Å²) in [4.78, 5) is 10.9. The topological polar surface area (TPSA) is 49.3 Å². The van der Waals surface area contributed by atoms with Crippen LogP contribution >= 0.6 is 0 Å². The van der Waals surface area contributed by atoms with E-state index in [9.17, 15) is 18.0 Å². The van der Waals surface area contributed by atoms with E-state index in [0.717, 1.165) is 12.8 Å². The number of carboxylic acid groups (broad SMARTS) is 1. The summed E-state index contributed by atoms with van der Waals surface area (Å²) < 4.78 is 35.9. The number of rotatable bonds is 7. The number of hydrogen-bond acceptors (Lipinski definition) is 2. The van der Waals surface area contributed by atoms with Crippen LogP contribution in [0.2, 0.25) is 0 Å². The van der Waals surface area contributed by atoms with Gasteiger partial charge in [0.05, 0.1) is 6.54 Å². The number of aliphatic carboxylic acids is 1. The van der Waals surface area contributed by atoms with Gasteiger partial charge in [0.1, 0.15) is 5.54 Å². The Balaban J connectivity index is 4.28. The van der Waals surface area contributed by atoms with Gasteiger partial charge in [-0.15, -0.1) is 0 Å². The molecule has 96 valence electrons. The van der Waals surface area contributed by atoms with Crippen LogP contribution in [0.15, 0.2) is 0 Å². The number of unbranched alkanes of at least 4 members (excludes halogenated alkanes) is 2. The van der Waals surface area contributed by atoms with Crippen LogP contribution in [-0.4, -0.2) is 29.3 Å². The highest BCUT2D eigenvalue weighted by Gasteiger charge is 2.37. The van der Waals surface area contributed by atoms with Crippen LogP contribution in [0.1, 0.15) is 39.5 Å². The zero-order chi connectivity index (χ0) is 12.8. The fraction of sp³-hybridized carbons (Fsp3) is 0.900. The van der Waals surface area contributed by atoms with Gasteiger partial charge >= 0.3 is 12.1 Å². The molecule has 3 nitrogen and oxygen atoms in total. The molecule has 0 aromatic rings. The minimum absolute atomic E-state index is 0.201. The molecule has 0 aromatic carbocycles. The van der Waals surface area contributed by atoms with Crippen LogP contribution in [0.4, 0.5) is 13.2 Å². The molecule has 1 atom stereocenters. The van der Waals surface area contributed by atoms with Gasteiger partial charge in [0.2, 0.25) is 0 Å². The molecular formula is C10H18F3NO2. The van der Waals surface area contributed by atoms with Crippen LogP contribution in [0, 0.1) is 0 Å². The van der Waals surface area contributed by atoms with Gasteiger partial charge in [0.15, 0.2) is 0 Å². The molecule has 0 rings (SSSR count). The lowest BCUT2D eigenvalue weighted by Gasteiger charge is -2.26. The van der Waals surface area contributed by atoms with Crippen molar-refractivity contribution in [2.75, 3.05) is 6.54 Å². The summed E-state index contributed by atoms with van der Waals surface area (Å²) >= 11 is 0. The number of carboxylic acids is 1. The van der Waals surface area contributed by atoms with Crippen molar-refractivity contribution in [2.45, 2.75) is 51.2 Å². The zero-order valence-corrected chi connectivity index (χ0v) is 9.52. The quantitative estimate of drug-likeness (QED) is 0.673. The van der Waals surface area contributed by atoms with E-state index in [2.05, 4.69) is 5.32 Å². The monoisotopic (exact) mass is 241 g/mol. The fourth-order valence-corrected chi connectivity index (χ4v) is 1.29. The van der Waals surface area contributed by atoms with Gasteiger partial charge in [-0.2, -0.15) is 13.2 Å². The van der Waals surface area contributed by atoms with Crippen molar-refractivity contribution < 1.29 is 23.1 Å². The fourth-order valence-electron chi connectivity index (χ4n) is 1.29. The average molecular weight is 241 g/mol. The zero-order valence-electron chi connectivity index (χ0n) is 9.52. The van der Waals surface area contributed by atoms with Gasteiger partial charge in [0, 0.05) is 0 Å². The Kier molecular flexibility index (Phi) is 5.78. The first-order valence-electron chi connectivity index (χ1n) is 5.26. The highest BCUT2D eigenvalue weighted by atomic mass is 19.4. The summed E-state index contributed by atoms with van der Waals surface area (Å²) in [5, 5.41) is 11.0. The Bertz CT molecular complexity index is 231. The first-order chi connectivity index (χ1) is 7.21. The molecule has 0 aliphatic heterocycles. The highest BCUT2D eigenvalue weighted by molar-refractivity contribution is 5.78. The second-order valence-corrected chi connectivity index (χ2v) is 4.06. The van der Waals surface area contributed by atoms with Gasteiger partial charge in [0.25, 0.3) is 0 Å². The van der Waals surface area contributed by atoms with E-state index in [1.807, 2.05) is 6.92 Å².